The minimum Gasteiger partial charge on any atom is -0.507 e. The van der Waals surface area contributed by atoms with Crippen LogP contribution in [0, 0.1) is 6.92 Å². The Kier molecular flexibility index (Phi) is 5.35. The SMILES string of the molecule is Cc1c(O)c2ccccc2c2c1s/c(=N\CCc1ccccc1)n2C.Cl. The molecule has 1 aromatic heterocycles. The molecule has 1 heterocycles. The second-order valence-electron chi connectivity index (χ2n) is 6.26. The topological polar surface area (TPSA) is 37.5 Å². The Morgan fingerprint density at radius 3 is 2.38 bits per heavy atom. The van der Waals surface area contributed by atoms with Crippen molar-refractivity contribution in [1.29, 1.82) is 0 Å². The van der Waals surface area contributed by atoms with Crippen molar-refractivity contribution in [3.8, 4) is 5.75 Å². The number of aromatic nitrogens is 1. The second-order valence-corrected chi connectivity index (χ2v) is 7.24. The molecule has 1 N–H and O–H groups in total. The first-order valence-electron chi connectivity index (χ1n) is 8.41. The lowest BCUT2D eigenvalue weighted by Gasteiger charge is -2.08. The largest absolute Gasteiger partial charge is 0.507 e. The van der Waals surface area contributed by atoms with Gasteiger partial charge in [-0.2, -0.15) is 0 Å². The van der Waals surface area contributed by atoms with Crippen LogP contribution in [0.4, 0.5) is 0 Å². The molecule has 4 aromatic rings. The van der Waals surface area contributed by atoms with Crippen LogP contribution in [0.2, 0.25) is 0 Å². The van der Waals surface area contributed by atoms with Crippen molar-refractivity contribution in [3.63, 3.8) is 0 Å². The number of phenols is 1. The van der Waals surface area contributed by atoms with E-state index in [-0.39, 0.29) is 12.4 Å². The van der Waals surface area contributed by atoms with E-state index in [1.165, 1.54) is 5.56 Å². The Bertz CT molecular complexity index is 1130. The van der Waals surface area contributed by atoms with Gasteiger partial charge in [-0.3, -0.25) is 4.99 Å². The molecular formula is C21H21ClN2OS. The van der Waals surface area contributed by atoms with Crippen LogP contribution in [0.25, 0.3) is 21.0 Å². The normalized spacial score (nSPS) is 11.8. The molecule has 0 aliphatic heterocycles. The number of halogens is 1. The van der Waals surface area contributed by atoms with Crippen LogP contribution in [-0.2, 0) is 13.5 Å². The number of phenolic OH excluding ortho intramolecular Hbond substituents is 1. The zero-order valence-corrected chi connectivity index (χ0v) is 16.4. The predicted molar refractivity (Wildman–Crippen MR) is 113 cm³/mol. The van der Waals surface area contributed by atoms with Gasteiger partial charge >= 0.3 is 0 Å². The third-order valence-electron chi connectivity index (χ3n) is 4.65. The minimum atomic E-state index is 0. The van der Waals surface area contributed by atoms with E-state index in [4.69, 9.17) is 4.99 Å². The maximum absolute atomic E-state index is 10.5. The van der Waals surface area contributed by atoms with Gasteiger partial charge in [-0.15, -0.1) is 12.4 Å². The summed E-state index contributed by atoms with van der Waals surface area (Å²) in [4.78, 5) is 5.81. The highest BCUT2D eigenvalue weighted by Crippen LogP contribution is 2.37. The monoisotopic (exact) mass is 384 g/mol. The number of hydrogen-bond donors (Lipinski definition) is 1. The van der Waals surface area contributed by atoms with E-state index in [0.29, 0.717) is 5.75 Å². The summed E-state index contributed by atoms with van der Waals surface area (Å²) in [6, 6.07) is 18.4. The summed E-state index contributed by atoms with van der Waals surface area (Å²) >= 11 is 1.65. The molecule has 0 saturated carbocycles. The van der Waals surface area contributed by atoms with Crippen LogP contribution in [0.15, 0.2) is 59.6 Å². The van der Waals surface area contributed by atoms with E-state index in [9.17, 15) is 5.11 Å². The van der Waals surface area contributed by atoms with Crippen LogP contribution in [0.5, 0.6) is 5.75 Å². The summed E-state index contributed by atoms with van der Waals surface area (Å²) < 4.78 is 3.26. The Balaban J connectivity index is 0.00000196. The van der Waals surface area contributed by atoms with Crippen LogP contribution in [-0.4, -0.2) is 16.2 Å². The number of rotatable bonds is 3. The van der Waals surface area contributed by atoms with Crippen LogP contribution in [0.3, 0.4) is 0 Å². The lowest BCUT2D eigenvalue weighted by molar-refractivity contribution is 0.478. The highest BCUT2D eigenvalue weighted by Gasteiger charge is 2.14. The molecule has 0 radical (unpaired) electrons. The minimum absolute atomic E-state index is 0. The van der Waals surface area contributed by atoms with Gasteiger partial charge < -0.3 is 9.67 Å². The molecule has 4 rings (SSSR count). The van der Waals surface area contributed by atoms with Crippen molar-refractivity contribution >= 4 is 44.7 Å². The van der Waals surface area contributed by atoms with E-state index in [1.807, 2.05) is 31.2 Å². The molecule has 5 heteroatoms. The van der Waals surface area contributed by atoms with Gasteiger partial charge in [0.2, 0.25) is 0 Å². The number of fused-ring (bicyclic) bond motifs is 3. The van der Waals surface area contributed by atoms with E-state index in [2.05, 4.69) is 41.9 Å². The van der Waals surface area contributed by atoms with Crippen molar-refractivity contribution in [3.05, 3.63) is 70.5 Å². The third-order valence-corrected chi connectivity index (χ3v) is 5.94. The molecule has 0 amide bonds. The maximum Gasteiger partial charge on any atom is 0.185 e. The van der Waals surface area contributed by atoms with Crippen molar-refractivity contribution in [1.82, 2.24) is 4.57 Å². The fourth-order valence-electron chi connectivity index (χ4n) is 3.28. The van der Waals surface area contributed by atoms with E-state index < -0.39 is 0 Å². The van der Waals surface area contributed by atoms with E-state index >= 15 is 0 Å². The van der Waals surface area contributed by atoms with Crippen molar-refractivity contribution in [2.45, 2.75) is 13.3 Å². The quantitative estimate of drug-likeness (QED) is 0.531. The van der Waals surface area contributed by atoms with Crippen LogP contribution < -0.4 is 4.80 Å². The van der Waals surface area contributed by atoms with Crippen LogP contribution in [0.1, 0.15) is 11.1 Å². The molecule has 0 bridgehead atoms. The van der Waals surface area contributed by atoms with Crippen molar-refractivity contribution < 1.29 is 5.11 Å². The summed E-state index contributed by atoms with van der Waals surface area (Å²) in [5, 5.41) is 12.5. The van der Waals surface area contributed by atoms with E-state index in [1.54, 1.807) is 11.3 Å². The predicted octanol–water partition coefficient (Wildman–Crippen LogP) is 4.97. The standard InChI is InChI=1S/C21H20N2OS.ClH/c1-14-19(24)17-11-7-6-10-16(17)18-20(14)25-21(23(18)2)22-13-12-15-8-4-3-5-9-15;/h3-11,24H,12-13H2,1-2H3;1H/b22-21-;. The van der Waals surface area contributed by atoms with Gasteiger partial charge in [0.1, 0.15) is 5.75 Å². The average molecular weight is 385 g/mol. The molecule has 134 valence electrons. The number of aromatic hydroxyl groups is 1. The first-order chi connectivity index (χ1) is 12.2. The summed E-state index contributed by atoms with van der Waals surface area (Å²) in [6.45, 7) is 2.74. The van der Waals surface area contributed by atoms with Crippen LogP contribution >= 0.6 is 23.7 Å². The van der Waals surface area contributed by atoms with Gasteiger partial charge in [0.05, 0.1) is 10.2 Å². The van der Waals surface area contributed by atoms with Gasteiger partial charge in [-0.25, -0.2) is 0 Å². The lowest BCUT2D eigenvalue weighted by atomic mass is 10.0. The Hall–Kier alpha value is -2.30. The van der Waals surface area contributed by atoms with Gasteiger partial charge in [0.25, 0.3) is 0 Å². The fourth-order valence-corrected chi connectivity index (χ4v) is 4.44. The zero-order valence-electron chi connectivity index (χ0n) is 14.8. The number of hydrogen-bond acceptors (Lipinski definition) is 3. The fraction of sp³-hybridized carbons (Fsp3) is 0.190. The average Bonchev–Trinajstić information content (AvgIpc) is 2.98. The Morgan fingerprint density at radius 1 is 1.00 bits per heavy atom. The molecule has 0 unspecified atom stereocenters. The van der Waals surface area contributed by atoms with Crippen molar-refractivity contribution in [2.24, 2.45) is 12.0 Å². The summed E-state index contributed by atoms with van der Waals surface area (Å²) in [5.74, 6) is 0.376. The highest BCUT2D eigenvalue weighted by molar-refractivity contribution is 7.16. The molecule has 3 nitrogen and oxygen atoms in total. The smallest absolute Gasteiger partial charge is 0.185 e. The van der Waals surface area contributed by atoms with Gasteiger partial charge in [-0.05, 0) is 18.9 Å². The molecule has 26 heavy (non-hydrogen) atoms. The molecule has 0 aliphatic carbocycles. The number of thiazole rings is 1. The zero-order chi connectivity index (χ0) is 17.4. The van der Waals surface area contributed by atoms with E-state index in [0.717, 1.165) is 44.3 Å². The molecule has 0 aliphatic rings. The molecule has 0 atom stereocenters. The summed E-state index contributed by atoms with van der Waals surface area (Å²) in [7, 11) is 2.06. The number of benzene rings is 3. The number of aryl methyl sites for hydroxylation is 2. The van der Waals surface area contributed by atoms with Gasteiger partial charge in [0, 0.05) is 29.9 Å². The molecule has 0 fully saturated rings. The van der Waals surface area contributed by atoms with Gasteiger partial charge in [-0.1, -0.05) is 65.9 Å². The summed E-state index contributed by atoms with van der Waals surface area (Å²) in [6.07, 6.45) is 0.931. The second kappa shape index (κ2) is 7.52. The lowest BCUT2D eigenvalue weighted by Crippen LogP contribution is -2.11. The number of nitrogens with zero attached hydrogens (tertiary/aromatic N) is 2. The Morgan fingerprint density at radius 2 is 1.65 bits per heavy atom. The molecule has 0 spiro atoms. The molecule has 0 saturated heterocycles. The summed E-state index contributed by atoms with van der Waals surface area (Å²) in [5.41, 5.74) is 3.38. The van der Waals surface area contributed by atoms with Gasteiger partial charge in [0.15, 0.2) is 4.80 Å². The third kappa shape index (κ3) is 3.11. The first kappa shape index (κ1) is 18.5. The highest BCUT2D eigenvalue weighted by atomic mass is 35.5. The molecule has 3 aromatic carbocycles. The Labute approximate surface area is 162 Å². The molecular weight excluding hydrogens is 364 g/mol. The maximum atomic E-state index is 10.5. The van der Waals surface area contributed by atoms with Crippen molar-refractivity contribution in [2.75, 3.05) is 6.54 Å². The first-order valence-corrected chi connectivity index (χ1v) is 9.22.